The summed E-state index contributed by atoms with van der Waals surface area (Å²) in [5.74, 6) is 0.0706. The van der Waals surface area contributed by atoms with E-state index in [0.717, 1.165) is 19.4 Å². The minimum absolute atomic E-state index is 0.0193. The predicted octanol–water partition coefficient (Wildman–Crippen LogP) is 2.39. The molecule has 2 amide bonds. The van der Waals surface area contributed by atoms with Gasteiger partial charge in [0.15, 0.2) is 0 Å². The van der Waals surface area contributed by atoms with E-state index < -0.39 is 0 Å². The molecule has 0 aliphatic rings. The summed E-state index contributed by atoms with van der Waals surface area (Å²) in [6.07, 6.45) is 7.58. The van der Waals surface area contributed by atoms with Crippen LogP contribution in [0.1, 0.15) is 71.6 Å². The third-order valence-corrected chi connectivity index (χ3v) is 4.32. The number of ether oxygens (including phenoxy) is 3. The zero-order valence-electron chi connectivity index (χ0n) is 19.0. The van der Waals surface area contributed by atoms with Gasteiger partial charge < -0.3 is 24.8 Å². The number of unbranched alkanes of at least 4 members (excludes halogenated alkanes) is 4. The van der Waals surface area contributed by atoms with Crippen LogP contribution in [0.2, 0.25) is 0 Å². The quantitative estimate of drug-likeness (QED) is 0.256. The van der Waals surface area contributed by atoms with E-state index in [9.17, 15) is 14.4 Å². The molecule has 0 aliphatic heterocycles. The fourth-order valence-corrected chi connectivity index (χ4v) is 2.56. The van der Waals surface area contributed by atoms with Gasteiger partial charge in [0.1, 0.15) is 5.78 Å². The zero-order valence-corrected chi connectivity index (χ0v) is 19.0. The Hall–Kier alpha value is -1.51. The van der Waals surface area contributed by atoms with Crippen LogP contribution < -0.4 is 10.6 Å². The van der Waals surface area contributed by atoms with Crippen molar-refractivity contribution < 1.29 is 28.6 Å². The Balaban J connectivity index is 3.30. The molecule has 0 spiro atoms. The second-order valence-corrected chi connectivity index (χ2v) is 7.26. The summed E-state index contributed by atoms with van der Waals surface area (Å²) in [5, 5.41) is 5.68. The van der Waals surface area contributed by atoms with Crippen molar-refractivity contribution in [1.82, 2.24) is 10.6 Å². The summed E-state index contributed by atoms with van der Waals surface area (Å²) in [4.78, 5) is 34.2. The van der Waals surface area contributed by atoms with Gasteiger partial charge in [0, 0.05) is 32.4 Å². The lowest BCUT2D eigenvalue weighted by Gasteiger charge is -2.08. The molecule has 0 aromatic rings. The van der Waals surface area contributed by atoms with E-state index in [2.05, 4.69) is 17.6 Å². The number of hydrogen-bond acceptors (Lipinski definition) is 6. The van der Waals surface area contributed by atoms with Crippen LogP contribution >= 0.6 is 0 Å². The number of carbonyl (C=O) groups excluding carboxylic acids is 3. The molecule has 0 aromatic heterocycles. The van der Waals surface area contributed by atoms with Crippen LogP contribution in [0, 0.1) is 0 Å². The van der Waals surface area contributed by atoms with Crippen molar-refractivity contribution in [3.63, 3.8) is 0 Å². The van der Waals surface area contributed by atoms with Crippen molar-refractivity contribution >= 4 is 17.6 Å². The molecule has 0 aromatic carbocycles. The highest BCUT2D eigenvalue weighted by Crippen LogP contribution is 2.01. The number of ketones is 1. The fourth-order valence-electron chi connectivity index (χ4n) is 2.56. The van der Waals surface area contributed by atoms with E-state index in [4.69, 9.17) is 14.2 Å². The van der Waals surface area contributed by atoms with E-state index in [1.165, 1.54) is 26.2 Å². The second kappa shape index (κ2) is 22.2. The molecule has 176 valence electrons. The van der Waals surface area contributed by atoms with Crippen LogP contribution in [-0.4, -0.2) is 70.3 Å². The van der Waals surface area contributed by atoms with E-state index in [0.29, 0.717) is 71.9 Å². The van der Waals surface area contributed by atoms with Crippen LogP contribution in [0.5, 0.6) is 0 Å². The van der Waals surface area contributed by atoms with Crippen molar-refractivity contribution in [2.75, 3.05) is 52.7 Å². The summed E-state index contributed by atoms with van der Waals surface area (Å²) in [5.41, 5.74) is 0. The Morgan fingerprint density at radius 2 is 1.13 bits per heavy atom. The number of hydrogen-bond donors (Lipinski definition) is 2. The number of rotatable bonds is 22. The van der Waals surface area contributed by atoms with Gasteiger partial charge in [-0.2, -0.15) is 0 Å². The van der Waals surface area contributed by atoms with E-state index in [1.807, 2.05) is 0 Å². The third kappa shape index (κ3) is 22.8. The molecule has 0 saturated heterocycles. The van der Waals surface area contributed by atoms with Gasteiger partial charge in [-0.1, -0.05) is 32.6 Å². The normalized spacial score (nSPS) is 10.7. The van der Waals surface area contributed by atoms with Crippen LogP contribution in [0.25, 0.3) is 0 Å². The first-order valence-corrected chi connectivity index (χ1v) is 11.3. The zero-order chi connectivity index (χ0) is 22.3. The maximum atomic E-state index is 11.7. The topological polar surface area (TPSA) is 103 Å². The molecular formula is C22H42N2O6. The fraction of sp³-hybridized carbons (Fsp3) is 0.864. The first kappa shape index (κ1) is 28.5. The van der Waals surface area contributed by atoms with Gasteiger partial charge in [-0.15, -0.1) is 0 Å². The molecular weight excluding hydrogens is 388 g/mol. The Labute approximate surface area is 181 Å². The highest BCUT2D eigenvalue weighted by Gasteiger charge is 2.04. The summed E-state index contributed by atoms with van der Waals surface area (Å²) >= 11 is 0. The summed E-state index contributed by atoms with van der Waals surface area (Å²) < 4.78 is 16.0. The molecule has 0 atom stereocenters. The molecule has 0 fully saturated rings. The van der Waals surface area contributed by atoms with Gasteiger partial charge in [-0.3, -0.25) is 14.4 Å². The highest BCUT2D eigenvalue weighted by molar-refractivity contribution is 5.78. The minimum Gasteiger partial charge on any atom is -0.379 e. The molecule has 0 heterocycles. The van der Waals surface area contributed by atoms with Crippen LogP contribution in [0.4, 0.5) is 0 Å². The number of carbonyl (C=O) groups is 3. The van der Waals surface area contributed by atoms with Crippen molar-refractivity contribution in [1.29, 1.82) is 0 Å². The van der Waals surface area contributed by atoms with Crippen molar-refractivity contribution in [2.24, 2.45) is 0 Å². The molecule has 2 N–H and O–H groups in total. The lowest BCUT2D eigenvalue weighted by Crippen LogP contribution is -2.28. The Morgan fingerprint density at radius 1 is 0.600 bits per heavy atom. The third-order valence-electron chi connectivity index (χ3n) is 4.32. The maximum Gasteiger partial charge on any atom is 0.220 e. The Morgan fingerprint density at radius 3 is 1.73 bits per heavy atom. The maximum absolute atomic E-state index is 11.7. The number of amides is 2. The average Bonchev–Trinajstić information content (AvgIpc) is 2.71. The lowest BCUT2D eigenvalue weighted by atomic mass is 10.1. The molecule has 0 bridgehead atoms. The lowest BCUT2D eigenvalue weighted by molar-refractivity contribution is -0.122. The van der Waals surface area contributed by atoms with Gasteiger partial charge in [0.25, 0.3) is 0 Å². The van der Waals surface area contributed by atoms with Gasteiger partial charge >= 0.3 is 0 Å². The van der Waals surface area contributed by atoms with Gasteiger partial charge in [0.2, 0.25) is 11.8 Å². The summed E-state index contributed by atoms with van der Waals surface area (Å²) in [7, 11) is 0. The first-order chi connectivity index (χ1) is 14.6. The van der Waals surface area contributed by atoms with E-state index >= 15 is 0 Å². The standard InChI is InChI=1S/C22H42N2O6/c1-3-4-5-6-7-12-23-21(26)9-8-10-22(27)24-13-15-29-17-19-30-18-16-28-14-11-20(2)25/h3-19H2,1-2H3,(H,23,26)(H,24,27). The Bertz CT molecular complexity index is 445. The Kier molecular flexibility index (Phi) is 21.1. The smallest absolute Gasteiger partial charge is 0.220 e. The second-order valence-electron chi connectivity index (χ2n) is 7.26. The van der Waals surface area contributed by atoms with E-state index in [-0.39, 0.29) is 17.6 Å². The SMILES string of the molecule is CCCCCCCNC(=O)CCCC(=O)NCCOCCOCCOCCC(C)=O. The average molecular weight is 431 g/mol. The largest absolute Gasteiger partial charge is 0.379 e. The number of nitrogens with one attached hydrogen (secondary N) is 2. The molecule has 8 nitrogen and oxygen atoms in total. The highest BCUT2D eigenvalue weighted by atomic mass is 16.5. The predicted molar refractivity (Wildman–Crippen MR) is 116 cm³/mol. The van der Waals surface area contributed by atoms with Crippen LogP contribution in [0.3, 0.4) is 0 Å². The summed E-state index contributed by atoms with van der Waals surface area (Å²) in [6, 6.07) is 0. The molecule has 0 radical (unpaired) electrons. The van der Waals surface area contributed by atoms with Gasteiger partial charge in [-0.25, -0.2) is 0 Å². The first-order valence-electron chi connectivity index (χ1n) is 11.3. The van der Waals surface area contributed by atoms with Crippen LogP contribution in [-0.2, 0) is 28.6 Å². The monoisotopic (exact) mass is 430 g/mol. The van der Waals surface area contributed by atoms with Crippen molar-refractivity contribution in [3.05, 3.63) is 0 Å². The van der Waals surface area contributed by atoms with Crippen LogP contribution in [0.15, 0.2) is 0 Å². The van der Waals surface area contributed by atoms with Crippen molar-refractivity contribution in [2.45, 2.75) is 71.6 Å². The molecule has 0 aliphatic carbocycles. The minimum atomic E-state index is -0.0649. The molecule has 0 rings (SSSR count). The number of Topliss-reactive ketones (excluding diaryl/α,β-unsaturated/α-hetero) is 1. The van der Waals surface area contributed by atoms with E-state index in [1.54, 1.807) is 0 Å². The van der Waals surface area contributed by atoms with Gasteiger partial charge in [0.05, 0.1) is 39.6 Å². The molecule has 8 heteroatoms. The molecule has 0 saturated carbocycles. The summed E-state index contributed by atoms with van der Waals surface area (Å²) in [6.45, 7) is 7.56. The molecule has 0 unspecified atom stereocenters. The van der Waals surface area contributed by atoms with Gasteiger partial charge in [-0.05, 0) is 19.8 Å². The van der Waals surface area contributed by atoms with Crippen molar-refractivity contribution in [3.8, 4) is 0 Å². The molecule has 30 heavy (non-hydrogen) atoms.